The number of alkyl halides is 3. The van der Waals surface area contributed by atoms with Gasteiger partial charge in [-0.25, -0.2) is 0 Å². The molecule has 4 fully saturated rings. The predicted octanol–water partition coefficient (Wildman–Crippen LogP) is 7.80. The van der Waals surface area contributed by atoms with Gasteiger partial charge in [0.1, 0.15) is 0 Å². The molecule has 36 heavy (non-hydrogen) atoms. The van der Waals surface area contributed by atoms with Crippen molar-refractivity contribution in [1.82, 2.24) is 5.32 Å². The van der Waals surface area contributed by atoms with Crippen molar-refractivity contribution in [3.8, 4) is 0 Å². The minimum Gasteiger partial charge on any atom is -0.481 e. The summed E-state index contributed by atoms with van der Waals surface area (Å²) >= 11 is 0. The van der Waals surface area contributed by atoms with Crippen molar-refractivity contribution < 1.29 is 23.1 Å². The summed E-state index contributed by atoms with van der Waals surface area (Å²) in [5, 5.41) is 13.4. The molecule has 3 nitrogen and oxygen atoms in total. The van der Waals surface area contributed by atoms with Crippen LogP contribution in [0.4, 0.5) is 13.2 Å². The fourth-order valence-corrected chi connectivity index (χ4v) is 9.04. The summed E-state index contributed by atoms with van der Waals surface area (Å²) in [5.74, 6) is 0.423. The van der Waals surface area contributed by atoms with Gasteiger partial charge < -0.3 is 10.4 Å². The number of carbonyl (C=O) groups is 1. The number of nitrogens with one attached hydrogen (secondary N) is 1. The fourth-order valence-electron chi connectivity index (χ4n) is 9.04. The molecule has 1 aromatic rings. The lowest BCUT2D eigenvalue weighted by atomic mass is 9.49. The molecule has 1 saturated heterocycles. The second-order valence-electron chi connectivity index (χ2n) is 12.7. The average molecular weight is 506 g/mol. The number of rotatable bonds is 4. The lowest BCUT2D eigenvalue weighted by Gasteiger charge is -2.58. The normalized spacial score (nSPS) is 35.1. The van der Waals surface area contributed by atoms with Crippen LogP contribution in [0.25, 0.3) is 0 Å². The first-order valence-electron chi connectivity index (χ1n) is 14.3. The Balaban J connectivity index is 1.45. The molecule has 3 aliphatic carbocycles. The number of hydrogen-bond donors (Lipinski definition) is 2. The first kappa shape index (κ1) is 26.1. The van der Waals surface area contributed by atoms with Gasteiger partial charge in [0.15, 0.2) is 0 Å². The molecule has 0 aromatic heterocycles. The highest BCUT2D eigenvalue weighted by atomic mass is 19.4. The van der Waals surface area contributed by atoms with Gasteiger partial charge in [-0.3, -0.25) is 4.79 Å². The van der Waals surface area contributed by atoms with Crippen LogP contribution in [0.5, 0.6) is 0 Å². The molecule has 3 saturated carbocycles. The molecular weight excluding hydrogens is 463 g/mol. The van der Waals surface area contributed by atoms with Crippen LogP contribution < -0.4 is 5.32 Å². The number of benzene rings is 1. The Bertz CT molecular complexity index is 898. The number of carboxylic acids is 1. The molecule has 1 aliphatic heterocycles. The monoisotopic (exact) mass is 505 g/mol. The molecule has 200 valence electrons. The molecule has 5 atom stereocenters. The van der Waals surface area contributed by atoms with E-state index in [0.717, 1.165) is 37.9 Å². The Hall–Kier alpha value is -1.56. The quantitative estimate of drug-likeness (QED) is 0.439. The largest absolute Gasteiger partial charge is 0.481 e. The summed E-state index contributed by atoms with van der Waals surface area (Å²) in [7, 11) is 0. The first-order chi connectivity index (χ1) is 17.2. The first-order valence-corrected chi connectivity index (χ1v) is 14.3. The van der Waals surface area contributed by atoms with Crippen molar-refractivity contribution in [2.24, 2.45) is 28.6 Å². The van der Waals surface area contributed by atoms with Gasteiger partial charge in [0.25, 0.3) is 0 Å². The second-order valence-corrected chi connectivity index (χ2v) is 12.7. The smallest absolute Gasteiger partial charge is 0.416 e. The summed E-state index contributed by atoms with van der Waals surface area (Å²) in [4.78, 5) is 11.5. The molecule has 4 aliphatic rings. The summed E-state index contributed by atoms with van der Waals surface area (Å²) < 4.78 is 39.8. The maximum Gasteiger partial charge on any atom is 0.416 e. The Morgan fingerprint density at radius 3 is 2.36 bits per heavy atom. The highest BCUT2D eigenvalue weighted by Crippen LogP contribution is 2.60. The molecule has 0 amide bonds. The maximum absolute atomic E-state index is 13.3. The summed E-state index contributed by atoms with van der Waals surface area (Å²) in [6, 6.07) is 5.81. The molecule has 6 heteroatoms. The van der Waals surface area contributed by atoms with Gasteiger partial charge in [-0.2, -0.15) is 13.2 Å². The van der Waals surface area contributed by atoms with E-state index < -0.39 is 17.7 Å². The van der Waals surface area contributed by atoms with E-state index in [9.17, 15) is 23.1 Å². The molecule has 5 rings (SSSR count). The summed E-state index contributed by atoms with van der Waals surface area (Å²) in [5.41, 5.74) is 1.05. The van der Waals surface area contributed by atoms with Crippen LogP contribution in [0.2, 0.25) is 0 Å². The van der Waals surface area contributed by atoms with Gasteiger partial charge in [0.2, 0.25) is 0 Å². The fraction of sp³-hybridized carbons (Fsp3) is 0.767. The van der Waals surface area contributed by atoms with Gasteiger partial charge in [0.05, 0.1) is 5.56 Å². The van der Waals surface area contributed by atoms with Crippen molar-refractivity contribution in [2.45, 2.75) is 102 Å². The van der Waals surface area contributed by atoms with Crippen molar-refractivity contribution in [1.29, 1.82) is 0 Å². The number of piperidine rings is 1. The molecule has 0 bridgehead atoms. The Labute approximate surface area is 213 Å². The highest BCUT2D eigenvalue weighted by molar-refractivity contribution is 5.67. The molecule has 2 unspecified atom stereocenters. The van der Waals surface area contributed by atoms with E-state index in [1.807, 2.05) is 0 Å². The second kappa shape index (κ2) is 10.3. The van der Waals surface area contributed by atoms with Gasteiger partial charge >= 0.3 is 12.1 Å². The Morgan fingerprint density at radius 2 is 1.67 bits per heavy atom. The van der Waals surface area contributed by atoms with Crippen LogP contribution in [0.1, 0.15) is 107 Å². The molecular formula is C30H42F3NO2. The van der Waals surface area contributed by atoms with E-state index in [1.165, 1.54) is 76.3 Å². The van der Waals surface area contributed by atoms with E-state index in [-0.39, 0.29) is 23.7 Å². The van der Waals surface area contributed by atoms with E-state index in [0.29, 0.717) is 17.3 Å². The van der Waals surface area contributed by atoms with Crippen LogP contribution in [-0.4, -0.2) is 24.2 Å². The Morgan fingerprint density at radius 1 is 0.944 bits per heavy atom. The third-order valence-electron chi connectivity index (χ3n) is 10.5. The van der Waals surface area contributed by atoms with E-state index in [1.54, 1.807) is 12.1 Å². The zero-order valence-electron chi connectivity index (χ0n) is 21.4. The zero-order chi connectivity index (χ0) is 25.4. The third-order valence-corrected chi connectivity index (χ3v) is 10.5. The topological polar surface area (TPSA) is 49.3 Å². The maximum atomic E-state index is 13.3. The van der Waals surface area contributed by atoms with Gasteiger partial charge in [-0.15, -0.1) is 0 Å². The minimum atomic E-state index is -4.34. The van der Waals surface area contributed by atoms with Gasteiger partial charge in [-0.1, -0.05) is 44.2 Å². The van der Waals surface area contributed by atoms with Crippen molar-refractivity contribution in [2.75, 3.05) is 13.1 Å². The number of hydrogen-bond acceptors (Lipinski definition) is 2. The molecule has 1 heterocycles. The number of halogens is 3. The number of carboxylic acid groups (broad SMARTS) is 1. The van der Waals surface area contributed by atoms with Gasteiger partial charge in [0, 0.05) is 19.5 Å². The minimum absolute atomic E-state index is 0.0970. The van der Waals surface area contributed by atoms with Crippen LogP contribution in [-0.2, 0) is 11.0 Å². The van der Waals surface area contributed by atoms with Crippen molar-refractivity contribution >= 4 is 5.97 Å². The summed E-state index contributed by atoms with van der Waals surface area (Å²) in [6.07, 6.45) is 11.4. The van der Waals surface area contributed by atoms with E-state index in [2.05, 4.69) is 5.32 Å². The van der Waals surface area contributed by atoms with Gasteiger partial charge in [-0.05, 0) is 104 Å². The molecule has 2 N–H and O–H groups in total. The van der Waals surface area contributed by atoms with Crippen LogP contribution >= 0.6 is 0 Å². The molecule has 1 aromatic carbocycles. The Kier molecular flexibility index (Phi) is 7.46. The third kappa shape index (κ3) is 5.35. The van der Waals surface area contributed by atoms with Crippen LogP contribution in [0, 0.1) is 28.6 Å². The molecule has 0 radical (unpaired) electrons. The average Bonchev–Trinajstić information content (AvgIpc) is 2.84. The number of aliphatic carboxylic acids is 1. The van der Waals surface area contributed by atoms with Crippen LogP contribution in [0.15, 0.2) is 24.3 Å². The lowest BCUT2D eigenvalue weighted by Crippen LogP contribution is -2.57. The SMILES string of the molecule is O=C(O)C[C@@H]1CC[C@@H](C2CCCCC23CNCC2(CCCCC2)C3)[C@@H](c2ccc(C(F)(F)F)cc2)C1. The zero-order valence-corrected chi connectivity index (χ0v) is 21.4. The van der Waals surface area contributed by atoms with Crippen LogP contribution in [0.3, 0.4) is 0 Å². The standard InChI is InChI=1S/C30H42F3NO2/c31-30(32,33)23-10-8-22(9-11-23)25-16-21(17-27(35)36)7-12-24(25)26-6-2-5-15-29(26)18-28(19-34-20-29)13-3-1-4-14-28/h8-11,21,24-26,34H,1-7,12-20H2,(H,35,36)/t21-,24-,25-,26?,29?/m1/s1. The predicted molar refractivity (Wildman–Crippen MR) is 135 cm³/mol. The van der Waals surface area contributed by atoms with E-state index >= 15 is 0 Å². The van der Waals surface area contributed by atoms with E-state index in [4.69, 9.17) is 0 Å². The van der Waals surface area contributed by atoms with Crippen molar-refractivity contribution in [3.63, 3.8) is 0 Å². The highest BCUT2D eigenvalue weighted by Gasteiger charge is 2.53. The van der Waals surface area contributed by atoms with Crippen molar-refractivity contribution in [3.05, 3.63) is 35.4 Å². The lowest BCUT2D eigenvalue weighted by molar-refractivity contribution is -0.139. The summed E-state index contributed by atoms with van der Waals surface area (Å²) in [6.45, 7) is 2.20. The molecule has 2 spiro atoms.